The van der Waals surface area contributed by atoms with Crippen molar-refractivity contribution >= 4 is 0 Å². The zero-order valence-corrected chi connectivity index (χ0v) is 10.7. The summed E-state index contributed by atoms with van der Waals surface area (Å²) in [4.78, 5) is 4.29. The Morgan fingerprint density at radius 2 is 2.22 bits per heavy atom. The molecule has 4 heteroatoms. The maximum absolute atomic E-state index is 13.2. The number of benzene rings is 1. The Morgan fingerprint density at radius 3 is 2.94 bits per heavy atom. The molecule has 0 bridgehead atoms. The van der Waals surface area contributed by atoms with Crippen LogP contribution in [0.1, 0.15) is 23.7 Å². The molecule has 18 heavy (non-hydrogen) atoms. The molecule has 2 aromatic rings. The molecule has 1 heterocycles. The van der Waals surface area contributed by atoms with Gasteiger partial charge in [-0.2, -0.15) is 0 Å². The lowest BCUT2D eigenvalue weighted by Crippen LogP contribution is -2.17. The van der Waals surface area contributed by atoms with E-state index in [1.807, 2.05) is 24.6 Å². The Morgan fingerprint density at radius 1 is 1.44 bits per heavy atom. The van der Waals surface area contributed by atoms with Gasteiger partial charge in [-0.05, 0) is 37.1 Å². The van der Waals surface area contributed by atoms with Crippen LogP contribution in [0, 0.1) is 12.7 Å². The van der Waals surface area contributed by atoms with Crippen LogP contribution in [0.15, 0.2) is 30.7 Å². The Labute approximate surface area is 106 Å². The van der Waals surface area contributed by atoms with Crippen LogP contribution >= 0.6 is 0 Å². The average molecular weight is 247 g/mol. The fourth-order valence-electron chi connectivity index (χ4n) is 1.94. The van der Waals surface area contributed by atoms with E-state index in [0.29, 0.717) is 6.54 Å². The zero-order valence-electron chi connectivity index (χ0n) is 10.7. The number of aromatic nitrogens is 2. The lowest BCUT2D eigenvalue weighted by molar-refractivity contribution is 0.622. The molecule has 0 aliphatic rings. The Kier molecular flexibility index (Phi) is 3.77. The molecule has 1 atom stereocenters. The van der Waals surface area contributed by atoms with E-state index in [1.54, 1.807) is 18.5 Å². The van der Waals surface area contributed by atoms with E-state index >= 15 is 0 Å². The predicted molar refractivity (Wildman–Crippen MR) is 69.8 cm³/mol. The van der Waals surface area contributed by atoms with Crippen LogP contribution in [0.5, 0.6) is 0 Å². The van der Waals surface area contributed by atoms with Gasteiger partial charge in [0.25, 0.3) is 0 Å². The van der Waals surface area contributed by atoms with E-state index < -0.39 is 0 Å². The van der Waals surface area contributed by atoms with Crippen LogP contribution in [0.2, 0.25) is 0 Å². The summed E-state index contributed by atoms with van der Waals surface area (Å²) in [7, 11) is 0. The van der Waals surface area contributed by atoms with Crippen molar-refractivity contribution in [3.8, 4) is 0 Å². The molecular formula is C14H18FN3. The first-order valence-corrected chi connectivity index (χ1v) is 6.06. The normalized spacial score (nSPS) is 12.7. The molecule has 0 fully saturated rings. The Bertz CT molecular complexity index is 532. The second-order valence-electron chi connectivity index (χ2n) is 4.79. The van der Waals surface area contributed by atoms with Crippen LogP contribution in [-0.4, -0.2) is 15.6 Å². The molecule has 0 aliphatic carbocycles. The van der Waals surface area contributed by atoms with Crippen molar-refractivity contribution in [1.29, 1.82) is 0 Å². The van der Waals surface area contributed by atoms with Crippen LogP contribution in [0.25, 0.3) is 0 Å². The zero-order chi connectivity index (χ0) is 13.1. The van der Waals surface area contributed by atoms with Crippen molar-refractivity contribution in [3.05, 3.63) is 53.4 Å². The number of halogens is 1. The number of rotatable bonds is 4. The summed E-state index contributed by atoms with van der Waals surface area (Å²) in [6, 6.07) is 4.95. The van der Waals surface area contributed by atoms with Gasteiger partial charge in [0.1, 0.15) is 5.82 Å². The molecule has 0 aliphatic heterocycles. The molecule has 96 valence electrons. The van der Waals surface area contributed by atoms with Crippen molar-refractivity contribution in [1.82, 2.24) is 9.55 Å². The number of hydrogen-bond donors (Lipinski definition) is 1. The van der Waals surface area contributed by atoms with Crippen LogP contribution in [0.4, 0.5) is 4.39 Å². The summed E-state index contributed by atoms with van der Waals surface area (Å²) in [5.41, 5.74) is 8.76. The van der Waals surface area contributed by atoms with E-state index in [1.165, 1.54) is 6.07 Å². The molecule has 1 unspecified atom stereocenters. The van der Waals surface area contributed by atoms with Crippen molar-refractivity contribution in [2.45, 2.75) is 32.9 Å². The fraction of sp³-hybridized carbons (Fsp3) is 0.357. The van der Waals surface area contributed by atoms with E-state index in [2.05, 4.69) is 4.98 Å². The van der Waals surface area contributed by atoms with Gasteiger partial charge in [-0.25, -0.2) is 9.37 Å². The lowest BCUT2D eigenvalue weighted by atomic mass is 10.1. The minimum absolute atomic E-state index is 0.101. The molecular weight excluding hydrogens is 229 g/mol. The molecule has 0 saturated carbocycles. The van der Waals surface area contributed by atoms with Crippen molar-refractivity contribution in [2.75, 3.05) is 0 Å². The van der Waals surface area contributed by atoms with Crippen molar-refractivity contribution in [3.63, 3.8) is 0 Å². The number of imidazole rings is 1. The molecule has 2 N–H and O–H groups in total. The molecule has 0 radical (unpaired) electrons. The first-order chi connectivity index (χ1) is 8.54. The summed E-state index contributed by atoms with van der Waals surface area (Å²) in [5, 5.41) is 0. The van der Waals surface area contributed by atoms with Gasteiger partial charge in [0.2, 0.25) is 0 Å². The van der Waals surface area contributed by atoms with E-state index in [0.717, 1.165) is 23.2 Å². The van der Waals surface area contributed by atoms with E-state index in [-0.39, 0.29) is 11.9 Å². The van der Waals surface area contributed by atoms with Crippen LogP contribution in [0.3, 0.4) is 0 Å². The molecule has 1 aromatic carbocycles. The quantitative estimate of drug-likeness (QED) is 0.900. The summed E-state index contributed by atoms with van der Waals surface area (Å²) >= 11 is 0. The van der Waals surface area contributed by atoms with Gasteiger partial charge in [-0.3, -0.25) is 0 Å². The highest BCUT2D eigenvalue weighted by atomic mass is 19.1. The number of hydrogen-bond acceptors (Lipinski definition) is 2. The molecule has 2 rings (SSSR count). The van der Waals surface area contributed by atoms with Crippen LogP contribution in [-0.2, 0) is 13.0 Å². The monoisotopic (exact) mass is 247 g/mol. The average Bonchev–Trinajstić information content (AvgIpc) is 2.70. The van der Waals surface area contributed by atoms with Gasteiger partial charge < -0.3 is 10.3 Å². The second-order valence-corrected chi connectivity index (χ2v) is 4.79. The highest BCUT2D eigenvalue weighted by molar-refractivity contribution is 5.26. The summed E-state index contributed by atoms with van der Waals surface area (Å²) in [6.45, 7) is 4.57. The van der Waals surface area contributed by atoms with Gasteiger partial charge in [0, 0.05) is 25.2 Å². The largest absolute Gasteiger partial charge is 0.333 e. The molecule has 0 saturated heterocycles. The van der Waals surface area contributed by atoms with E-state index in [9.17, 15) is 4.39 Å². The molecule has 1 aromatic heterocycles. The van der Waals surface area contributed by atoms with E-state index in [4.69, 9.17) is 5.73 Å². The van der Waals surface area contributed by atoms with Gasteiger partial charge in [-0.15, -0.1) is 0 Å². The standard InChI is InChI=1S/C14H18FN3/c1-10-3-4-13(15)6-12(10)7-18-8-14(17-9-18)5-11(2)16/h3-4,6,8-9,11H,5,7,16H2,1-2H3. The van der Waals surface area contributed by atoms with Gasteiger partial charge in [0.05, 0.1) is 12.0 Å². The maximum atomic E-state index is 13.2. The molecule has 3 nitrogen and oxygen atoms in total. The van der Waals surface area contributed by atoms with Gasteiger partial charge in [0.15, 0.2) is 0 Å². The third-order valence-corrected chi connectivity index (χ3v) is 2.88. The number of nitrogens with two attached hydrogens (primary N) is 1. The smallest absolute Gasteiger partial charge is 0.123 e. The van der Waals surface area contributed by atoms with Crippen LogP contribution < -0.4 is 5.73 Å². The molecule has 0 amide bonds. The third-order valence-electron chi connectivity index (χ3n) is 2.88. The third kappa shape index (κ3) is 3.17. The van der Waals surface area contributed by atoms with Crippen molar-refractivity contribution in [2.24, 2.45) is 5.73 Å². The summed E-state index contributed by atoms with van der Waals surface area (Å²) in [6.07, 6.45) is 4.49. The second kappa shape index (κ2) is 5.31. The fourth-order valence-corrected chi connectivity index (χ4v) is 1.94. The number of nitrogens with zero attached hydrogens (tertiary/aromatic N) is 2. The summed E-state index contributed by atoms with van der Waals surface area (Å²) in [5.74, 6) is -0.202. The van der Waals surface area contributed by atoms with Gasteiger partial charge in [-0.1, -0.05) is 6.07 Å². The Hall–Kier alpha value is -1.68. The topological polar surface area (TPSA) is 43.8 Å². The first-order valence-electron chi connectivity index (χ1n) is 6.06. The first kappa shape index (κ1) is 12.8. The van der Waals surface area contributed by atoms with Gasteiger partial charge >= 0.3 is 0 Å². The Balaban J connectivity index is 2.13. The lowest BCUT2D eigenvalue weighted by Gasteiger charge is -2.06. The maximum Gasteiger partial charge on any atom is 0.123 e. The minimum Gasteiger partial charge on any atom is -0.333 e. The van der Waals surface area contributed by atoms with Crippen molar-refractivity contribution < 1.29 is 4.39 Å². The minimum atomic E-state index is -0.202. The molecule has 0 spiro atoms. The highest BCUT2D eigenvalue weighted by Crippen LogP contribution is 2.12. The predicted octanol–water partition coefficient (Wildman–Crippen LogP) is 2.27. The number of aryl methyl sites for hydroxylation is 1. The summed E-state index contributed by atoms with van der Waals surface area (Å²) < 4.78 is 15.1. The highest BCUT2D eigenvalue weighted by Gasteiger charge is 2.05. The SMILES string of the molecule is Cc1ccc(F)cc1Cn1cnc(CC(C)N)c1.